The molecule has 0 saturated carbocycles. The van der Waals surface area contributed by atoms with Gasteiger partial charge < -0.3 is 20.3 Å². The van der Waals surface area contributed by atoms with Gasteiger partial charge in [-0.15, -0.1) is 0 Å². The molecule has 3 amide bonds. The summed E-state index contributed by atoms with van der Waals surface area (Å²) in [5.41, 5.74) is 3.29. The van der Waals surface area contributed by atoms with Gasteiger partial charge in [0.2, 0.25) is 5.91 Å². The Morgan fingerprint density at radius 3 is 2.73 bits per heavy atom. The van der Waals surface area contributed by atoms with Crippen LogP contribution in [0.3, 0.4) is 0 Å². The fourth-order valence-corrected chi connectivity index (χ4v) is 3.84. The molecule has 1 aliphatic heterocycles. The third kappa shape index (κ3) is 5.12. The number of benzene rings is 2. The van der Waals surface area contributed by atoms with Gasteiger partial charge in [0.25, 0.3) is 0 Å². The Morgan fingerprint density at radius 1 is 1.17 bits per heavy atom. The Morgan fingerprint density at radius 2 is 1.97 bits per heavy atom. The van der Waals surface area contributed by atoms with Crippen LogP contribution in [0.25, 0.3) is 0 Å². The van der Waals surface area contributed by atoms with E-state index >= 15 is 0 Å². The van der Waals surface area contributed by atoms with Gasteiger partial charge in [-0.3, -0.25) is 4.79 Å². The number of hydrogen-bond donors (Lipinski definition) is 2. The minimum Gasteiger partial charge on any atom is -0.497 e. The van der Waals surface area contributed by atoms with Crippen molar-refractivity contribution in [2.75, 3.05) is 25.5 Å². The van der Waals surface area contributed by atoms with Crippen molar-refractivity contribution in [1.29, 1.82) is 0 Å². The van der Waals surface area contributed by atoms with Crippen LogP contribution in [-0.2, 0) is 11.3 Å². The molecule has 3 rings (SSSR count). The molecular formula is C24H31N3O3. The molecule has 1 fully saturated rings. The van der Waals surface area contributed by atoms with Crippen molar-refractivity contribution < 1.29 is 14.3 Å². The van der Waals surface area contributed by atoms with Gasteiger partial charge in [-0.2, -0.15) is 0 Å². The number of amides is 3. The summed E-state index contributed by atoms with van der Waals surface area (Å²) in [7, 11) is 1.62. The van der Waals surface area contributed by atoms with Crippen LogP contribution in [0.4, 0.5) is 10.5 Å². The Bertz CT molecular complexity index is 928. The van der Waals surface area contributed by atoms with Crippen LogP contribution < -0.4 is 15.4 Å². The van der Waals surface area contributed by atoms with Crippen LogP contribution in [0.2, 0.25) is 0 Å². The quantitative estimate of drug-likeness (QED) is 0.775. The number of carbonyl (C=O) groups excluding carboxylic acids is 2. The Balaban J connectivity index is 1.62. The van der Waals surface area contributed by atoms with Crippen LogP contribution in [0.15, 0.2) is 42.5 Å². The van der Waals surface area contributed by atoms with Gasteiger partial charge in [0, 0.05) is 25.3 Å². The molecule has 6 heteroatoms. The third-order valence-electron chi connectivity index (χ3n) is 5.75. The Kier molecular flexibility index (Phi) is 6.65. The number of aryl methyl sites for hydroxylation is 2. The van der Waals surface area contributed by atoms with E-state index in [0.29, 0.717) is 19.6 Å². The highest BCUT2D eigenvalue weighted by Gasteiger charge is 2.39. The molecule has 1 heterocycles. The minimum atomic E-state index is -0.615. The van der Waals surface area contributed by atoms with Crippen LogP contribution >= 0.6 is 0 Å². The maximum absolute atomic E-state index is 13.0. The van der Waals surface area contributed by atoms with Crippen molar-refractivity contribution in [2.45, 2.75) is 40.2 Å². The highest BCUT2D eigenvalue weighted by molar-refractivity contribution is 5.91. The van der Waals surface area contributed by atoms with E-state index in [1.54, 1.807) is 12.0 Å². The number of anilines is 1. The lowest BCUT2D eigenvalue weighted by molar-refractivity contribution is -0.132. The van der Waals surface area contributed by atoms with Crippen molar-refractivity contribution >= 4 is 17.6 Å². The fourth-order valence-electron chi connectivity index (χ4n) is 3.84. The minimum absolute atomic E-state index is 0.0328. The molecule has 30 heavy (non-hydrogen) atoms. The maximum atomic E-state index is 13.0. The van der Waals surface area contributed by atoms with E-state index in [1.807, 2.05) is 63.2 Å². The first-order valence-electron chi connectivity index (χ1n) is 10.4. The van der Waals surface area contributed by atoms with Crippen LogP contribution in [0.1, 0.15) is 36.5 Å². The zero-order chi connectivity index (χ0) is 21.7. The molecule has 1 saturated heterocycles. The van der Waals surface area contributed by atoms with Gasteiger partial charge in [0.1, 0.15) is 5.75 Å². The van der Waals surface area contributed by atoms with Gasteiger partial charge in [-0.05, 0) is 68.5 Å². The van der Waals surface area contributed by atoms with E-state index in [2.05, 4.69) is 10.6 Å². The summed E-state index contributed by atoms with van der Waals surface area (Å²) >= 11 is 0. The second-order valence-electron chi connectivity index (χ2n) is 8.37. The zero-order valence-corrected chi connectivity index (χ0v) is 18.2. The lowest BCUT2D eigenvalue weighted by Crippen LogP contribution is -2.52. The number of hydrogen-bond acceptors (Lipinski definition) is 3. The molecule has 160 valence electrons. The number of ether oxygens (including phenoxy) is 1. The van der Waals surface area contributed by atoms with Crippen LogP contribution in [0, 0.1) is 19.3 Å². The number of nitrogens with one attached hydrogen (secondary N) is 2. The largest absolute Gasteiger partial charge is 0.497 e. The number of piperidine rings is 1. The first-order chi connectivity index (χ1) is 14.3. The highest BCUT2D eigenvalue weighted by atomic mass is 16.5. The summed E-state index contributed by atoms with van der Waals surface area (Å²) in [4.78, 5) is 27.6. The summed E-state index contributed by atoms with van der Waals surface area (Å²) in [6.45, 7) is 7.38. The Labute approximate surface area is 178 Å². The van der Waals surface area contributed by atoms with E-state index in [1.165, 1.54) is 0 Å². The van der Waals surface area contributed by atoms with Crippen molar-refractivity contribution in [3.63, 3.8) is 0 Å². The summed E-state index contributed by atoms with van der Waals surface area (Å²) in [6, 6.07) is 13.5. The zero-order valence-electron chi connectivity index (χ0n) is 18.2. The summed E-state index contributed by atoms with van der Waals surface area (Å²) in [6.07, 6.45) is 1.55. The second kappa shape index (κ2) is 9.20. The average Bonchev–Trinajstić information content (AvgIpc) is 2.74. The number of methoxy groups -OCH3 is 1. The predicted octanol–water partition coefficient (Wildman–Crippen LogP) is 4.26. The standard InChI is InChI=1S/C24H31N3O3/c1-17-9-10-18(2)21(13-17)26-23(29)27-12-6-11-24(3,16-27)22(28)25-15-19-7-5-8-20(14-19)30-4/h5,7-10,13-14H,6,11-12,15-16H2,1-4H3,(H,25,28)(H,26,29)/t24-/m1/s1. The van der Waals surface area contributed by atoms with E-state index in [-0.39, 0.29) is 11.9 Å². The molecule has 0 aromatic heterocycles. The molecule has 6 nitrogen and oxygen atoms in total. The fraction of sp³-hybridized carbons (Fsp3) is 0.417. The van der Waals surface area contributed by atoms with E-state index in [0.717, 1.165) is 41.0 Å². The van der Waals surface area contributed by atoms with Crippen molar-refractivity contribution in [1.82, 2.24) is 10.2 Å². The van der Waals surface area contributed by atoms with Crippen molar-refractivity contribution in [2.24, 2.45) is 5.41 Å². The third-order valence-corrected chi connectivity index (χ3v) is 5.75. The van der Waals surface area contributed by atoms with Gasteiger partial charge in [0.05, 0.1) is 12.5 Å². The number of rotatable bonds is 5. The van der Waals surface area contributed by atoms with E-state index in [9.17, 15) is 9.59 Å². The summed E-state index contributed by atoms with van der Waals surface area (Å²) in [5, 5.41) is 6.04. The van der Waals surface area contributed by atoms with E-state index in [4.69, 9.17) is 4.74 Å². The molecular weight excluding hydrogens is 378 g/mol. The predicted molar refractivity (Wildman–Crippen MR) is 119 cm³/mol. The Hall–Kier alpha value is -3.02. The number of urea groups is 1. The molecule has 2 N–H and O–H groups in total. The van der Waals surface area contributed by atoms with Gasteiger partial charge >= 0.3 is 6.03 Å². The van der Waals surface area contributed by atoms with Crippen LogP contribution in [-0.4, -0.2) is 37.0 Å². The number of likely N-dealkylation sites (tertiary alicyclic amines) is 1. The second-order valence-corrected chi connectivity index (χ2v) is 8.37. The number of carbonyl (C=O) groups is 2. The topological polar surface area (TPSA) is 70.7 Å². The smallest absolute Gasteiger partial charge is 0.321 e. The summed E-state index contributed by atoms with van der Waals surface area (Å²) in [5.74, 6) is 0.731. The average molecular weight is 410 g/mol. The molecule has 0 unspecified atom stereocenters. The molecule has 2 aromatic rings. The highest BCUT2D eigenvalue weighted by Crippen LogP contribution is 2.30. The molecule has 2 aromatic carbocycles. The molecule has 0 aliphatic carbocycles. The summed E-state index contributed by atoms with van der Waals surface area (Å²) < 4.78 is 5.24. The van der Waals surface area contributed by atoms with Gasteiger partial charge in [-0.25, -0.2) is 4.79 Å². The first kappa shape index (κ1) is 21.7. The van der Waals surface area contributed by atoms with Gasteiger partial charge in [-0.1, -0.05) is 24.3 Å². The molecule has 0 bridgehead atoms. The number of nitrogens with zero attached hydrogens (tertiary/aromatic N) is 1. The molecule has 1 aliphatic rings. The van der Waals surface area contributed by atoms with E-state index < -0.39 is 5.41 Å². The lowest BCUT2D eigenvalue weighted by atomic mass is 9.81. The van der Waals surface area contributed by atoms with Crippen molar-refractivity contribution in [3.05, 3.63) is 59.2 Å². The first-order valence-corrected chi connectivity index (χ1v) is 10.4. The lowest BCUT2D eigenvalue weighted by Gasteiger charge is -2.39. The normalized spacial score (nSPS) is 18.6. The van der Waals surface area contributed by atoms with Gasteiger partial charge in [0.15, 0.2) is 0 Å². The molecule has 0 radical (unpaired) electrons. The molecule has 0 spiro atoms. The molecule has 1 atom stereocenters. The monoisotopic (exact) mass is 409 g/mol. The van der Waals surface area contributed by atoms with Crippen molar-refractivity contribution in [3.8, 4) is 5.75 Å². The SMILES string of the molecule is COc1cccc(CNC(=O)[C@]2(C)CCCN(C(=O)Nc3cc(C)ccc3C)C2)c1. The maximum Gasteiger partial charge on any atom is 0.321 e. The van der Waals surface area contributed by atoms with Crippen LogP contribution in [0.5, 0.6) is 5.75 Å².